The van der Waals surface area contributed by atoms with E-state index < -0.39 is 11.9 Å². The Bertz CT molecular complexity index is 728. The van der Waals surface area contributed by atoms with Crippen LogP contribution in [-0.2, 0) is 28.7 Å². The maximum absolute atomic E-state index is 11.6. The first-order valence-electron chi connectivity index (χ1n) is 18.9. The predicted octanol–water partition coefficient (Wildman–Crippen LogP) is 8.81. The van der Waals surface area contributed by atoms with Crippen molar-refractivity contribution < 1.29 is 49.1 Å². The van der Waals surface area contributed by atoms with Crippen molar-refractivity contribution in [2.75, 3.05) is 20.3 Å². The van der Waals surface area contributed by atoms with Crippen LogP contribution in [0, 0.1) is 0 Å². The van der Waals surface area contributed by atoms with Crippen LogP contribution < -0.4 is 0 Å². The van der Waals surface area contributed by atoms with Crippen molar-refractivity contribution in [2.45, 2.75) is 200 Å². The van der Waals surface area contributed by atoms with Gasteiger partial charge < -0.3 is 34.7 Å². The molecule has 0 bridgehead atoms. The van der Waals surface area contributed by atoms with Crippen molar-refractivity contribution in [3.05, 3.63) is 0 Å². The zero-order valence-corrected chi connectivity index (χ0v) is 31.2. The molecule has 10 nitrogen and oxygen atoms in total. The fourth-order valence-corrected chi connectivity index (χ4v) is 4.90. The number of ketones is 1. The van der Waals surface area contributed by atoms with Gasteiger partial charge in [0.2, 0.25) is 0 Å². The summed E-state index contributed by atoms with van der Waals surface area (Å²) in [5.41, 5.74) is 0. The van der Waals surface area contributed by atoms with Gasteiger partial charge >= 0.3 is 17.9 Å². The lowest BCUT2D eigenvalue weighted by molar-refractivity contribution is -0.144. The maximum Gasteiger partial charge on any atom is 0.305 e. The number of esters is 1. The number of rotatable bonds is 32. The number of hydrogen-bond donors (Lipinski definition) is 4. The number of ether oxygens (including phenoxy) is 2. The third kappa shape index (κ3) is 48.4. The maximum atomic E-state index is 11.6. The summed E-state index contributed by atoms with van der Waals surface area (Å²) in [6.07, 6.45) is 23.6. The second-order valence-electron chi connectivity index (χ2n) is 12.8. The number of aliphatic hydroxyl groups is 2. The molecule has 48 heavy (non-hydrogen) atoms. The molecule has 286 valence electrons. The van der Waals surface area contributed by atoms with Gasteiger partial charge in [-0.05, 0) is 77.6 Å². The summed E-state index contributed by atoms with van der Waals surface area (Å²) < 4.78 is 10.7. The van der Waals surface area contributed by atoms with Gasteiger partial charge in [0.05, 0.1) is 18.8 Å². The van der Waals surface area contributed by atoms with E-state index in [1.807, 2.05) is 0 Å². The monoisotopic (exact) mass is 691 g/mol. The van der Waals surface area contributed by atoms with E-state index in [1.54, 1.807) is 14.0 Å². The molecule has 10 heteroatoms. The number of carboxylic acid groups (broad SMARTS) is 2. The van der Waals surface area contributed by atoms with Gasteiger partial charge in [-0.25, -0.2) is 0 Å². The highest BCUT2D eigenvalue weighted by Gasteiger charge is 2.09. The highest BCUT2D eigenvalue weighted by molar-refractivity contribution is 5.75. The smallest absolute Gasteiger partial charge is 0.305 e. The van der Waals surface area contributed by atoms with E-state index in [9.17, 15) is 24.3 Å². The van der Waals surface area contributed by atoms with Crippen LogP contribution in [0.1, 0.15) is 188 Å². The van der Waals surface area contributed by atoms with E-state index in [-0.39, 0.29) is 37.3 Å². The second kappa shape index (κ2) is 41.1. The minimum Gasteiger partial charge on any atom is -0.481 e. The molecule has 0 saturated carbocycles. The average molecular weight is 691 g/mol. The highest BCUT2D eigenvalue weighted by Crippen LogP contribution is 2.15. The van der Waals surface area contributed by atoms with Gasteiger partial charge in [0.25, 0.3) is 0 Å². The molecule has 0 aromatic heterocycles. The molecule has 0 amide bonds. The Hall–Kier alpha value is -2.04. The molecule has 0 aromatic carbocycles. The highest BCUT2D eigenvalue weighted by atomic mass is 16.5. The first-order valence-corrected chi connectivity index (χ1v) is 18.9. The first-order chi connectivity index (χ1) is 23.0. The summed E-state index contributed by atoms with van der Waals surface area (Å²) in [5, 5.41) is 34.4. The molecule has 0 aliphatic heterocycles. The van der Waals surface area contributed by atoms with E-state index in [1.165, 1.54) is 44.9 Å². The lowest BCUT2D eigenvalue weighted by Gasteiger charge is -2.14. The lowest BCUT2D eigenvalue weighted by atomic mass is 10.0. The summed E-state index contributed by atoms with van der Waals surface area (Å²) in [6, 6.07) is 0. The standard InChI is InChI=1S/C20H38O4.C12H24O3.C6H12O3/c1-4-5-6-9-14-19(23-3)15-10-11-16-20(22)24-17-12-7-8-13-18(2)21;1-2-3-4-5-8-11(13)9-6-7-10-12(14)15;7-5-3-1-2-4-6(8)9/h19H,4-17H2,1-3H3;11,13H,2-10H2,1H3,(H,14,15);7H,1-5H2,(H,8,9). The molecule has 0 heterocycles. The van der Waals surface area contributed by atoms with Crippen molar-refractivity contribution in [2.24, 2.45) is 0 Å². The molecule has 4 N–H and O–H groups in total. The molecule has 2 atom stereocenters. The Labute approximate surface area is 292 Å². The number of unbranched alkanes of at least 4 members (excludes halogenated alkanes) is 12. The average Bonchev–Trinajstić information content (AvgIpc) is 3.04. The summed E-state index contributed by atoms with van der Waals surface area (Å²) >= 11 is 0. The minimum absolute atomic E-state index is 0.0986. The van der Waals surface area contributed by atoms with Crippen molar-refractivity contribution in [3.8, 4) is 0 Å². The van der Waals surface area contributed by atoms with Gasteiger partial charge in [-0.3, -0.25) is 14.4 Å². The number of carbonyl (C=O) groups excluding carboxylic acids is 2. The second-order valence-corrected chi connectivity index (χ2v) is 12.8. The van der Waals surface area contributed by atoms with Crippen LogP contribution in [0.3, 0.4) is 0 Å². The van der Waals surface area contributed by atoms with Crippen LogP contribution in [-0.4, -0.2) is 76.6 Å². The van der Waals surface area contributed by atoms with Gasteiger partial charge in [0, 0.05) is 39.4 Å². The Morgan fingerprint density at radius 3 is 1.50 bits per heavy atom. The van der Waals surface area contributed by atoms with Crippen LogP contribution >= 0.6 is 0 Å². The molecule has 0 rings (SSSR count). The van der Waals surface area contributed by atoms with E-state index >= 15 is 0 Å². The number of Topliss-reactive ketones (excluding diaryl/α,β-unsaturated/α-hetero) is 1. The number of hydrogen-bond acceptors (Lipinski definition) is 8. The number of aliphatic hydroxyl groups excluding tert-OH is 2. The molecule has 0 aliphatic rings. The van der Waals surface area contributed by atoms with E-state index in [4.69, 9.17) is 24.8 Å². The number of aliphatic carboxylic acids is 2. The Balaban J connectivity index is -0.000000714. The number of carboxylic acids is 2. The van der Waals surface area contributed by atoms with Crippen LogP contribution in [0.4, 0.5) is 0 Å². The van der Waals surface area contributed by atoms with Gasteiger partial charge in [-0.2, -0.15) is 0 Å². The first kappa shape index (κ1) is 50.3. The van der Waals surface area contributed by atoms with E-state index in [2.05, 4.69) is 13.8 Å². The largest absolute Gasteiger partial charge is 0.481 e. The topological polar surface area (TPSA) is 168 Å². The minimum atomic E-state index is -0.757. The van der Waals surface area contributed by atoms with Crippen molar-refractivity contribution in [1.29, 1.82) is 0 Å². The van der Waals surface area contributed by atoms with Crippen LogP contribution in [0.25, 0.3) is 0 Å². The van der Waals surface area contributed by atoms with Crippen LogP contribution in [0.5, 0.6) is 0 Å². The third-order valence-electron chi connectivity index (χ3n) is 7.92. The fourth-order valence-electron chi connectivity index (χ4n) is 4.90. The van der Waals surface area contributed by atoms with Crippen molar-refractivity contribution in [1.82, 2.24) is 0 Å². The summed E-state index contributed by atoms with van der Waals surface area (Å²) in [7, 11) is 1.78. The Morgan fingerprint density at radius 1 is 0.562 bits per heavy atom. The SMILES string of the molecule is CCCCCCC(CCCCC(=O)OCCCCCC(C)=O)OC.CCCCCCC(O)CCCCC(=O)O.O=C(O)CCCCCO. The molecule has 0 saturated heterocycles. The molecule has 0 spiro atoms. The zero-order chi connectivity index (χ0) is 36.7. The summed E-state index contributed by atoms with van der Waals surface area (Å²) in [6.45, 7) is 6.65. The Morgan fingerprint density at radius 2 is 1.00 bits per heavy atom. The molecule has 0 radical (unpaired) electrons. The van der Waals surface area contributed by atoms with Gasteiger partial charge in [0.15, 0.2) is 0 Å². The molecule has 0 fully saturated rings. The molecular weight excluding hydrogens is 616 g/mol. The van der Waals surface area contributed by atoms with Gasteiger partial charge in [-0.15, -0.1) is 0 Å². The van der Waals surface area contributed by atoms with E-state index in [0.717, 1.165) is 77.0 Å². The van der Waals surface area contributed by atoms with Gasteiger partial charge in [0.1, 0.15) is 5.78 Å². The lowest BCUT2D eigenvalue weighted by Crippen LogP contribution is -2.11. The molecule has 0 aromatic rings. The normalized spacial score (nSPS) is 11.8. The zero-order valence-electron chi connectivity index (χ0n) is 31.2. The van der Waals surface area contributed by atoms with Crippen molar-refractivity contribution in [3.63, 3.8) is 0 Å². The molecule has 0 aliphatic carbocycles. The van der Waals surface area contributed by atoms with Crippen LogP contribution in [0.15, 0.2) is 0 Å². The third-order valence-corrected chi connectivity index (χ3v) is 7.92. The predicted molar refractivity (Wildman–Crippen MR) is 192 cm³/mol. The van der Waals surface area contributed by atoms with E-state index in [0.29, 0.717) is 44.8 Å². The van der Waals surface area contributed by atoms with Crippen LogP contribution in [0.2, 0.25) is 0 Å². The number of carbonyl (C=O) groups is 4. The number of methoxy groups -OCH3 is 1. The molecule has 2 unspecified atom stereocenters. The van der Waals surface area contributed by atoms with Crippen molar-refractivity contribution >= 4 is 23.7 Å². The summed E-state index contributed by atoms with van der Waals surface area (Å²) in [5.74, 6) is -1.37. The summed E-state index contributed by atoms with van der Waals surface area (Å²) in [4.78, 5) is 42.6. The van der Waals surface area contributed by atoms with Gasteiger partial charge in [-0.1, -0.05) is 84.5 Å². The quantitative estimate of drug-likeness (QED) is 0.0395. The molecular formula is C38H74O10. The fraction of sp³-hybridized carbons (Fsp3) is 0.895. The Kier molecular flexibility index (Phi) is 43.1.